The van der Waals surface area contributed by atoms with E-state index in [2.05, 4.69) is 4.72 Å². The number of fused-ring (bicyclic) bond motifs is 1. The molecule has 172 valence electrons. The first-order chi connectivity index (χ1) is 15.0. The van der Waals surface area contributed by atoms with Crippen LogP contribution in [0.4, 0.5) is 5.69 Å². The van der Waals surface area contributed by atoms with Crippen molar-refractivity contribution in [1.82, 2.24) is 4.72 Å². The molecule has 8 nitrogen and oxygen atoms in total. The average molecular weight is 461 g/mol. The van der Waals surface area contributed by atoms with Crippen LogP contribution in [0, 0.1) is 0 Å². The minimum absolute atomic E-state index is 0.0676. The SMILES string of the molecule is COC(=O)[C@H]1CN(C(=O)CCc2ccc(S(=O)(=O)NC(C)(C)C)cc2)c2ccccc2O1. The smallest absolute Gasteiger partial charge is 0.348 e. The van der Waals surface area contributed by atoms with E-state index < -0.39 is 27.6 Å². The fourth-order valence-corrected chi connectivity index (χ4v) is 4.83. The summed E-state index contributed by atoms with van der Waals surface area (Å²) in [5.41, 5.74) is 0.854. The third-order valence-corrected chi connectivity index (χ3v) is 6.61. The number of methoxy groups -OCH3 is 1. The lowest BCUT2D eigenvalue weighted by Crippen LogP contribution is -2.47. The number of ether oxygens (including phenoxy) is 2. The van der Waals surface area contributed by atoms with Crippen LogP contribution >= 0.6 is 0 Å². The molecule has 1 aliphatic rings. The fourth-order valence-electron chi connectivity index (χ4n) is 3.41. The van der Waals surface area contributed by atoms with Gasteiger partial charge in [0.1, 0.15) is 5.75 Å². The second-order valence-corrected chi connectivity index (χ2v) is 10.3. The molecule has 1 N–H and O–H groups in total. The minimum Gasteiger partial charge on any atom is -0.475 e. The largest absolute Gasteiger partial charge is 0.475 e. The van der Waals surface area contributed by atoms with Gasteiger partial charge in [-0.05, 0) is 57.0 Å². The van der Waals surface area contributed by atoms with Gasteiger partial charge in [0.25, 0.3) is 0 Å². The number of nitrogens with zero attached hydrogens (tertiary/aromatic N) is 1. The maximum Gasteiger partial charge on any atom is 0.348 e. The van der Waals surface area contributed by atoms with Crippen LogP contribution in [-0.2, 0) is 30.8 Å². The number of aryl methyl sites for hydroxylation is 1. The Morgan fingerprint density at radius 2 is 1.78 bits per heavy atom. The maximum atomic E-state index is 13.0. The van der Waals surface area contributed by atoms with Crippen molar-refractivity contribution in [3.05, 3.63) is 54.1 Å². The van der Waals surface area contributed by atoms with Crippen LogP contribution in [0.25, 0.3) is 0 Å². The van der Waals surface area contributed by atoms with E-state index in [1.807, 2.05) is 0 Å². The zero-order valence-electron chi connectivity index (χ0n) is 18.6. The number of nitrogens with one attached hydrogen (secondary N) is 1. The molecule has 1 atom stereocenters. The summed E-state index contributed by atoms with van der Waals surface area (Å²) in [4.78, 5) is 26.7. The molecule has 0 spiro atoms. The van der Waals surface area contributed by atoms with E-state index in [1.54, 1.807) is 57.2 Å². The monoisotopic (exact) mass is 460 g/mol. The Morgan fingerprint density at radius 1 is 1.12 bits per heavy atom. The standard InChI is InChI=1S/C23H28N2O6S/c1-23(2,3)24-32(28,29)17-12-9-16(10-13-17)11-14-21(26)25-15-20(22(27)30-4)31-19-8-6-5-7-18(19)25/h5-10,12-13,20,24H,11,14-15H2,1-4H3/t20-/m1/s1. The normalized spacial score (nSPS) is 16.1. The highest BCUT2D eigenvalue weighted by molar-refractivity contribution is 7.89. The van der Waals surface area contributed by atoms with Gasteiger partial charge in [-0.2, -0.15) is 0 Å². The number of rotatable bonds is 6. The first kappa shape index (κ1) is 23.7. The average Bonchev–Trinajstić information content (AvgIpc) is 2.74. The molecule has 1 amide bonds. The Labute approximate surface area is 188 Å². The van der Waals surface area contributed by atoms with Gasteiger partial charge in [-0.25, -0.2) is 17.9 Å². The van der Waals surface area contributed by atoms with Crippen molar-refractivity contribution >= 4 is 27.6 Å². The summed E-state index contributed by atoms with van der Waals surface area (Å²) >= 11 is 0. The van der Waals surface area contributed by atoms with E-state index >= 15 is 0 Å². The van der Waals surface area contributed by atoms with Gasteiger partial charge < -0.3 is 14.4 Å². The molecule has 0 saturated carbocycles. The van der Waals surface area contributed by atoms with Crippen molar-refractivity contribution in [2.75, 3.05) is 18.6 Å². The molecule has 3 rings (SSSR count). The van der Waals surface area contributed by atoms with Crippen LogP contribution in [0.3, 0.4) is 0 Å². The summed E-state index contributed by atoms with van der Waals surface area (Å²) in [5.74, 6) is -0.262. The van der Waals surface area contributed by atoms with Crippen LogP contribution in [-0.4, -0.2) is 45.6 Å². The predicted molar refractivity (Wildman–Crippen MR) is 120 cm³/mol. The van der Waals surface area contributed by atoms with Gasteiger partial charge in [-0.3, -0.25) is 4.79 Å². The van der Waals surface area contributed by atoms with Crippen molar-refractivity contribution in [2.45, 2.75) is 50.2 Å². The molecule has 0 unspecified atom stereocenters. The van der Waals surface area contributed by atoms with E-state index in [1.165, 1.54) is 24.1 Å². The molecular formula is C23H28N2O6S. The van der Waals surface area contributed by atoms with E-state index in [-0.39, 0.29) is 23.8 Å². The predicted octanol–water partition coefficient (Wildman–Crippen LogP) is 2.66. The Morgan fingerprint density at radius 3 is 2.41 bits per heavy atom. The van der Waals surface area contributed by atoms with Gasteiger partial charge in [0.15, 0.2) is 0 Å². The number of anilines is 1. The van der Waals surface area contributed by atoms with E-state index in [0.717, 1.165) is 5.56 Å². The molecular weight excluding hydrogens is 432 g/mol. The molecule has 0 fully saturated rings. The lowest BCUT2D eigenvalue weighted by atomic mass is 10.1. The van der Waals surface area contributed by atoms with Gasteiger partial charge in [0.05, 0.1) is 24.2 Å². The van der Waals surface area contributed by atoms with E-state index in [4.69, 9.17) is 9.47 Å². The molecule has 0 radical (unpaired) electrons. The Kier molecular flexibility index (Phi) is 6.90. The molecule has 0 aromatic heterocycles. The number of amides is 1. The second kappa shape index (κ2) is 9.30. The molecule has 1 aliphatic heterocycles. The maximum absolute atomic E-state index is 13.0. The number of hydrogen-bond donors (Lipinski definition) is 1. The van der Waals surface area contributed by atoms with Crippen LogP contribution in [0.5, 0.6) is 5.75 Å². The number of carbonyl (C=O) groups is 2. The minimum atomic E-state index is -3.62. The molecule has 0 saturated heterocycles. The summed E-state index contributed by atoms with van der Waals surface area (Å²) in [6.07, 6.45) is -0.276. The topological polar surface area (TPSA) is 102 Å². The molecule has 1 heterocycles. The Bertz CT molecular complexity index is 1090. The fraction of sp³-hybridized carbons (Fsp3) is 0.391. The number of para-hydroxylation sites is 2. The number of hydrogen-bond acceptors (Lipinski definition) is 6. The van der Waals surface area contributed by atoms with Crippen LogP contribution in [0.15, 0.2) is 53.4 Å². The number of sulfonamides is 1. The van der Waals surface area contributed by atoms with Crippen molar-refractivity contribution in [3.8, 4) is 5.75 Å². The molecule has 2 aromatic carbocycles. The molecule has 32 heavy (non-hydrogen) atoms. The van der Waals surface area contributed by atoms with E-state index in [9.17, 15) is 18.0 Å². The summed E-state index contributed by atoms with van der Waals surface area (Å²) in [6, 6.07) is 13.5. The highest BCUT2D eigenvalue weighted by Gasteiger charge is 2.34. The zero-order chi connectivity index (χ0) is 23.5. The molecule has 0 aliphatic carbocycles. The Hall–Kier alpha value is -2.91. The van der Waals surface area contributed by atoms with Gasteiger partial charge >= 0.3 is 5.97 Å². The number of benzene rings is 2. The van der Waals surface area contributed by atoms with Gasteiger partial charge in [0, 0.05) is 12.0 Å². The van der Waals surface area contributed by atoms with Crippen LogP contribution in [0.1, 0.15) is 32.8 Å². The molecule has 9 heteroatoms. The van der Waals surface area contributed by atoms with Crippen molar-refractivity contribution in [2.24, 2.45) is 0 Å². The summed E-state index contributed by atoms with van der Waals surface area (Å²) in [6.45, 7) is 5.40. The quantitative estimate of drug-likeness (QED) is 0.665. The van der Waals surface area contributed by atoms with Gasteiger partial charge in [0.2, 0.25) is 22.0 Å². The summed E-state index contributed by atoms with van der Waals surface area (Å²) in [5, 5.41) is 0. The molecule has 0 bridgehead atoms. The Balaban J connectivity index is 1.69. The van der Waals surface area contributed by atoms with Crippen molar-refractivity contribution in [1.29, 1.82) is 0 Å². The lowest BCUT2D eigenvalue weighted by molar-refractivity contribution is -0.148. The third-order valence-electron chi connectivity index (χ3n) is 4.84. The van der Waals surface area contributed by atoms with Crippen molar-refractivity contribution in [3.63, 3.8) is 0 Å². The number of carbonyl (C=O) groups excluding carboxylic acids is 2. The highest BCUT2D eigenvalue weighted by Crippen LogP contribution is 2.34. The third kappa shape index (κ3) is 5.66. The number of esters is 1. The summed E-state index contributed by atoms with van der Waals surface area (Å²) in [7, 11) is -2.34. The van der Waals surface area contributed by atoms with Gasteiger partial charge in [-0.15, -0.1) is 0 Å². The first-order valence-electron chi connectivity index (χ1n) is 10.3. The summed E-state index contributed by atoms with van der Waals surface area (Å²) < 4.78 is 37.9. The van der Waals surface area contributed by atoms with E-state index in [0.29, 0.717) is 17.9 Å². The lowest BCUT2D eigenvalue weighted by Gasteiger charge is -2.33. The van der Waals surface area contributed by atoms with Crippen LogP contribution in [0.2, 0.25) is 0 Å². The van der Waals surface area contributed by atoms with Crippen molar-refractivity contribution < 1.29 is 27.5 Å². The molecule has 2 aromatic rings. The zero-order valence-corrected chi connectivity index (χ0v) is 19.4. The highest BCUT2D eigenvalue weighted by atomic mass is 32.2. The van der Waals surface area contributed by atoms with Crippen LogP contribution < -0.4 is 14.4 Å². The second-order valence-electron chi connectivity index (χ2n) is 8.60. The first-order valence-corrected chi connectivity index (χ1v) is 11.8. The van der Waals surface area contributed by atoms with Gasteiger partial charge in [-0.1, -0.05) is 24.3 Å².